The van der Waals surface area contributed by atoms with Crippen molar-refractivity contribution in [3.63, 3.8) is 0 Å². The van der Waals surface area contributed by atoms with Gasteiger partial charge in [0.2, 0.25) is 0 Å². The molecule has 0 saturated carbocycles. The molecule has 0 amide bonds. The molecule has 1 N–H and O–H groups in total. The number of rotatable bonds is 2. The highest BCUT2D eigenvalue weighted by atomic mass is 16.3. The van der Waals surface area contributed by atoms with E-state index < -0.39 is 0 Å². The van der Waals surface area contributed by atoms with Gasteiger partial charge in [-0.25, -0.2) is 0 Å². The molecule has 0 bridgehead atoms. The summed E-state index contributed by atoms with van der Waals surface area (Å²) in [5, 5.41) is 9.43. The van der Waals surface area contributed by atoms with Crippen LogP contribution in [0, 0.1) is 20.8 Å². The molecule has 3 aromatic rings. The van der Waals surface area contributed by atoms with Crippen LogP contribution in [0.25, 0.3) is 22.3 Å². The summed E-state index contributed by atoms with van der Waals surface area (Å²) in [6, 6.07) is 20.5. The van der Waals surface area contributed by atoms with Crippen LogP contribution in [0.1, 0.15) is 16.7 Å². The zero-order valence-corrected chi connectivity index (χ0v) is 13.2. The summed E-state index contributed by atoms with van der Waals surface area (Å²) >= 11 is 0. The second-order valence-electron chi connectivity index (χ2n) is 5.90. The molecule has 1 nitrogen and oxygen atoms in total. The van der Waals surface area contributed by atoms with E-state index in [1.807, 2.05) is 12.1 Å². The number of aryl methyl sites for hydroxylation is 3. The van der Waals surface area contributed by atoms with E-state index in [1.54, 1.807) is 12.1 Å². The first-order valence-corrected chi connectivity index (χ1v) is 7.52. The zero-order valence-electron chi connectivity index (χ0n) is 13.2. The Kier molecular flexibility index (Phi) is 3.72. The van der Waals surface area contributed by atoms with Gasteiger partial charge in [-0.3, -0.25) is 0 Å². The van der Waals surface area contributed by atoms with Gasteiger partial charge < -0.3 is 5.11 Å². The number of benzene rings is 3. The molecule has 1 heteroatoms. The molecule has 0 atom stereocenters. The van der Waals surface area contributed by atoms with Crippen molar-refractivity contribution < 1.29 is 5.11 Å². The molecule has 0 spiro atoms. The molecule has 0 aromatic heterocycles. The first-order chi connectivity index (χ1) is 10.5. The van der Waals surface area contributed by atoms with E-state index in [1.165, 1.54) is 33.4 Å². The molecule has 0 radical (unpaired) electrons. The van der Waals surface area contributed by atoms with Gasteiger partial charge in [0.05, 0.1) is 0 Å². The molecule has 0 aliphatic rings. The Morgan fingerprint density at radius 1 is 0.591 bits per heavy atom. The van der Waals surface area contributed by atoms with Gasteiger partial charge in [-0.2, -0.15) is 0 Å². The van der Waals surface area contributed by atoms with Crippen LogP contribution >= 0.6 is 0 Å². The lowest BCUT2D eigenvalue weighted by Crippen LogP contribution is -1.90. The summed E-state index contributed by atoms with van der Waals surface area (Å²) < 4.78 is 0. The average Bonchev–Trinajstić information content (AvgIpc) is 2.49. The average molecular weight is 288 g/mol. The van der Waals surface area contributed by atoms with E-state index in [0.717, 1.165) is 5.56 Å². The molecular weight excluding hydrogens is 268 g/mol. The molecule has 0 aliphatic carbocycles. The van der Waals surface area contributed by atoms with E-state index >= 15 is 0 Å². The van der Waals surface area contributed by atoms with Gasteiger partial charge in [0.1, 0.15) is 5.75 Å². The molecule has 0 aliphatic heterocycles. The van der Waals surface area contributed by atoms with Crippen LogP contribution in [0.15, 0.2) is 60.7 Å². The summed E-state index contributed by atoms with van der Waals surface area (Å²) in [5.41, 5.74) is 8.70. The zero-order chi connectivity index (χ0) is 15.7. The maximum atomic E-state index is 9.43. The smallest absolute Gasteiger partial charge is 0.115 e. The van der Waals surface area contributed by atoms with E-state index in [2.05, 4.69) is 57.2 Å². The quantitative estimate of drug-likeness (QED) is 0.646. The number of hydrogen-bond acceptors (Lipinski definition) is 1. The largest absolute Gasteiger partial charge is 0.508 e. The van der Waals surface area contributed by atoms with Crippen LogP contribution in [0.4, 0.5) is 0 Å². The fraction of sp³-hybridized carbons (Fsp3) is 0.143. The maximum absolute atomic E-state index is 9.43. The van der Waals surface area contributed by atoms with E-state index in [9.17, 15) is 5.11 Å². The predicted octanol–water partition coefficient (Wildman–Crippen LogP) is 5.65. The molecule has 0 saturated heterocycles. The van der Waals surface area contributed by atoms with Gasteiger partial charge >= 0.3 is 0 Å². The molecule has 0 heterocycles. The van der Waals surface area contributed by atoms with E-state index in [-0.39, 0.29) is 0 Å². The van der Waals surface area contributed by atoms with E-state index in [4.69, 9.17) is 0 Å². The standard InChI is InChI=1S/C21H20O/c1-14-4-6-18(7-5-14)21-15(2)12-19(13-16(21)3)17-8-10-20(22)11-9-17/h4-13,22H,1-3H3. The predicted molar refractivity (Wildman–Crippen MR) is 93.2 cm³/mol. The van der Waals surface area contributed by atoms with Crippen molar-refractivity contribution >= 4 is 0 Å². The highest BCUT2D eigenvalue weighted by molar-refractivity contribution is 5.77. The van der Waals surface area contributed by atoms with Crippen LogP contribution < -0.4 is 0 Å². The second-order valence-corrected chi connectivity index (χ2v) is 5.90. The summed E-state index contributed by atoms with van der Waals surface area (Å²) in [4.78, 5) is 0. The van der Waals surface area contributed by atoms with Crippen molar-refractivity contribution in [2.45, 2.75) is 20.8 Å². The first kappa shape index (κ1) is 14.4. The Bertz CT molecular complexity index is 773. The maximum Gasteiger partial charge on any atom is 0.115 e. The van der Waals surface area contributed by atoms with Gasteiger partial charge in [-0.15, -0.1) is 0 Å². The summed E-state index contributed by atoms with van der Waals surface area (Å²) in [6.45, 7) is 6.43. The van der Waals surface area contributed by atoms with Gasteiger partial charge in [-0.1, -0.05) is 54.1 Å². The molecule has 3 rings (SSSR count). The van der Waals surface area contributed by atoms with Gasteiger partial charge in [0.25, 0.3) is 0 Å². The van der Waals surface area contributed by atoms with Crippen molar-refractivity contribution in [1.29, 1.82) is 0 Å². The number of aromatic hydroxyl groups is 1. The third-order valence-corrected chi connectivity index (χ3v) is 4.07. The lowest BCUT2D eigenvalue weighted by atomic mass is 9.91. The highest BCUT2D eigenvalue weighted by Gasteiger charge is 2.09. The Labute approximate surface area is 131 Å². The summed E-state index contributed by atoms with van der Waals surface area (Å²) in [5.74, 6) is 0.300. The Morgan fingerprint density at radius 3 is 1.64 bits per heavy atom. The van der Waals surface area contributed by atoms with Crippen LogP contribution in [-0.2, 0) is 0 Å². The normalized spacial score (nSPS) is 10.7. The Hall–Kier alpha value is -2.54. The minimum atomic E-state index is 0.300. The van der Waals surface area contributed by atoms with Crippen LogP contribution in [0.2, 0.25) is 0 Å². The third kappa shape index (κ3) is 2.75. The topological polar surface area (TPSA) is 20.2 Å². The fourth-order valence-electron chi connectivity index (χ4n) is 2.96. The SMILES string of the molecule is Cc1ccc(-c2c(C)cc(-c3ccc(O)cc3)cc2C)cc1. The van der Waals surface area contributed by atoms with Crippen molar-refractivity contribution in [2.24, 2.45) is 0 Å². The van der Waals surface area contributed by atoms with Crippen molar-refractivity contribution in [2.75, 3.05) is 0 Å². The number of phenols is 1. The highest BCUT2D eigenvalue weighted by Crippen LogP contribution is 2.32. The van der Waals surface area contributed by atoms with Gasteiger partial charge in [-0.05, 0) is 66.3 Å². The van der Waals surface area contributed by atoms with Crippen LogP contribution in [0.3, 0.4) is 0 Å². The lowest BCUT2D eigenvalue weighted by molar-refractivity contribution is 0.475. The molecule has 0 fully saturated rings. The van der Waals surface area contributed by atoms with Crippen LogP contribution in [0.5, 0.6) is 5.75 Å². The minimum absolute atomic E-state index is 0.300. The minimum Gasteiger partial charge on any atom is -0.508 e. The molecule has 110 valence electrons. The summed E-state index contributed by atoms with van der Waals surface area (Å²) in [6.07, 6.45) is 0. The lowest BCUT2D eigenvalue weighted by Gasteiger charge is -2.14. The monoisotopic (exact) mass is 288 g/mol. The van der Waals surface area contributed by atoms with Crippen molar-refractivity contribution in [3.05, 3.63) is 77.4 Å². The van der Waals surface area contributed by atoms with Gasteiger partial charge in [0.15, 0.2) is 0 Å². The molecule has 0 unspecified atom stereocenters. The second kappa shape index (κ2) is 5.69. The molecule has 3 aromatic carbocycles. The number of phenolic OH excluding ortho intramolecular Hbond substituents is 1. The Balaban J connectivity index is 2.08. The first-order valence-electron chi connectivity index (χ1n) is 7.52. The Morgan fingerprint density at radius 2 is 1.09 bits per heavy atom. The molecule has 22 heavy (non-hydrogen) atoms. The van der Waals surface area contributed by atoms with Crippen molar-refractivity contribution in [3.8, 4) is 28.0 Å². The molecular formula is C21H20O. The fourth-order valence-corrected chi connectivity index (χ4v) is 2.96. The van der Waals surface area contributed by atoms with Gasteiger partial charge in [0, 0.05) is 0 Å². The van der Waals surface area contributed by atoms with Crippen LogP contribution in [-0.4, -0.2) is 5.11 Å². The van der Waals surface area contributed by atoms with E-state index in [0.29, 0.717) is 5.75 Å². The van der Waals surface area contributed by atoms with Crippen molar-refractivity contribution in [1.82, 2.24) is 0 Å². The third-order valence-electron chi connectivity index (χ3n) is 4.07. The number of hydrogen-bond donors (Lipinski definition) is 1. The summed E-state index contributed by atoms with van der Waals surface area (Å²) in [7, 11) is 0.